The number of likely N-dealkylation sites (N-methyl/N-ethyl adjacent to an activating group) is 1. The van der Waals surface area contributed by atoms with Crippen LogP contribution in [-0.2, 0) is 14.3 Å². The molecule has 2 saturated heterocycles. The summed E-state index contributed by atoms with van der Waals surface area (Å²) in [4.78, 5) is 32.6. The minimum atomic E-state index is -1.75. The van der Waals surface area contributed by atoms with E-state index in [2.05, 4.69) is 11.9 Å². The van der Waals surface area contributed by atoms with Crippen molar-refractivity contribution >= 4 is 29.1 Å². The molecule has 1 aromatic heterocycles. The highest BCUT2D eigenvalue weighted by atomic mass is 32.1. The van der Waals surface area contributed by atoms with Crippen molar-refractivity contribution < 1.29 is 24.5 Å². The highest BCUT2D eigenvalue weighted by Crippen LogP contribution is 2.53. The second kappa shape index (κ2) is 10.6. The number of aliphatic hydroxyl groups excluding tert-OH is 1. The first-order chi connectivity index (χ1) is 16.6. The van der Waals surface area contributed by atoms with Gasteiger partial charge in [0.1, 0.15) is 17.5 Å². The number of ketones is 1. The Kier molecular flexibility index (Phi) is 8.55. The maximum Gasteiger partial charge on any atom is 0.225 e. The van der Waals surface area contributed by atoms with E-state index in [0.717, 1.165) is 30.0 Å². The Balaban J connectivity index is 1.96. The number of hydrogen-bond acceptors (Lipinski definition) is 7. The molecule has 6 atom stereocenters. The van der Waals surface area contributed by atoms with Gasteiger partial charge in [-0.1, -0.05) is 40.5 Å². The average Bonchev–Trinajstić information content (AvgIpc) is 3.11. The van der Waals surface area contributed by atoms with E-state index in [1.54, 1.807) is 7.05 Å². The summed E-state index contributed by atoms with van der Waals surface area (Å²) in [6.45, 7) is 13.6. The van der Waals surface area contributed by atoms with E-state index in [1.165, 1.54) is 16.2 Å². The number of hydrogen-bond donors (Lipinski definition) is 2. The van der Waals surface area contributed by atoms with Crippen LogP contribution in [0.3, 0.4) is 0 Å². The van der Waals surface area contributed by atoms with Gasteiger partial charge in [0.2, 0.25) is 11.7 Å². The number of nitrogens with zero attached hydrogens (tertiary/aromatic N) is 2. The number of carbonyl (C=O) groups is 2. The third-order valence-corrected chi connectivity index (χ3v) is 9.06. The van der Waals surface area contributed by atoms with Crippen LogP contribution in [0.2, 0.25) is 0 Å². The molecule has 3 heterocycles. The van der Waals surface area contributed by atoms with Crippen molar-refractivity contribution in [3.63, 3.8) is 0 Å². The largest absolute Gasteiger partial charge is 0.385 e. The molecule has 0 spiro atoms. The normalized spacial score (nSPS) is 37.1. The summed E-state index contributed by atoms with van der Waals surface area (Å²) in [5, 5.41) is 25.8. The second-order valence-electron chi connectivity index (χ2n) is 12.0. The third kappa shape index (κ3) is 5.93. The lowest BCUT2D eigenvalue weighted by molar-refractivity contribution is -0.141. The molecule has 0 aliphatic carbocycles. The number of carbonyl (C=O) groups excluding carboxylic acids is 2. The molecule has 0 saturated carbocycles. The highest BCUT2D eigenvalue weighted by Gasteiger charge is 2.71. The zero-order valence-corrected chi connectivity index (χ0v) is 23.9. The Morgan fingerprint density at radius 2 is 1.92 bits per heavy atom. The van der Waals surface area contributed by atoms with Crippen LogP contribution in [0.4, 0.5) is 0 Å². The van der Waals surface area contributed by atoms with Gasteiger partial charge in [-0.3, -0.25) is 9.59 Å². The lowest BCUT2D eigenvalue weighted by Crippen LogP contribution is -2.53. The first-order valence-electron chi connectivity index (χ1n) is 13.1. The molecular weight excluding hydrogens is 476 g/mol. The van der Waals surface area contributed by atoms with Gasteiger partial charge in [-0.15, -0.1) is 11.3 Å². The lowest BCUT2D eigenvalue weighted by Gasteiger charge is -2.36. The van der Waals surface area contributed by atoms with E-state index in [4.69, 9.17) is 4.74 Å². The van der Waals surface area contributed by atoms with Crippen molar-refractivity contribution in [2.45, 2.75) is 111 Å². The van der Waals surface area contributed by atoms with Gasteiger partial charge >= 0.3 is 0 Å². The van der Waals surface area contributed by atoms with Crippen LogP contribution in [0.1, 0.15) is 90.8 Å². The summed E-state index contributed by atoms with van der Waals surface area (Å²) < 4.78 is 5.83. The summed E-state index contributed by atoms with van der Waals surface area (Å²) >= 11 is 1.52. The van der Waals surface area contributed by atoms with Crippen LogP contribution < -0.4 is 0 Å². The molecule has 0 aromatic carbocycles. The molecule has 202 valence electrons. The average molecular weight is 521 g/mol. The Hall–Kier alpha value is -1.61. The molecule has 0 bridgehead atoms. The van der Waals surface area contributed by atoms with Gasteiger partial charge in [0.15, 0.2) is 0 Å². The van der Waals surface area contributed by atoms with Gasteiger partial charge < -0.3 is 19.8 Å². The molecule has 7 nitrogen and oxygen atoms in total. The zero-order valence-electron chi connectivity index (χ0n) is 23.1. The maximum absolute atomic E-state index is 13.4. The second-order valence-corrected chi connectivity index (χ2v) is 13.0. The van der Waals surface area contributed by atoms with Crippen LogP contribution in [0, 0.1) is 24.2 Å². The van der Waals surface area contributed by atoms with E-state index < -0.39 is 28.9 Å². The molecule has 8 heteroatoms. The standard InChI is InChI=1S/C28H44N2O5S/c1-17-10-9-12-27(7)28(34,35-27)25(33)23(18(2)15-21-16-36-20(4)29-21)30(8)22(31)11-13-26(5,6)24(32)19(3)14-17/h15-17,19,23,25,33-34H,9-14H2,1-8H3. The molecule has 0 radical (unpaired) electrons. The Morgan fingerprint density at radius 1 is 1.25 bits per heavy atom. The number of epoxide rings is 1. The van der Waals surface area contributed by atoms with Crippen molar-refractivity contribution in [1.82, 2.24) is 9.88 Å². The van der Waals surface area contributed by atoms with Crippen molar-refractivity contribution in [2.75, 3.05) is 7.05 Å². The molecule has 2 aliphatic heterocycles. The fraction of sp³-hybridized carbons (Fsp3) is 0.750. The predicted molar refractivity (Wildman–Crippen MR) is 142 cm³/mol. The fourth-order valence-corrected chi connectivity index (χ4v) is 6.39. The molecule has 6 unspecified atom stereocenters. The Morgan fingerprint density at radius 3 is 2.53 bits per heavy atom. The van der Waals surface area contributed by atoms with Crippen LogP contribution >= 0.6 is 11.3 Å². The quantitative estimate of drug-likeness (QED) is 0.546. The first kappa shape index (κ1) is 29.0. The fourth-order valence-electron chi connectivity index (χ4n) is 5.82. The molecule has 3 rings (SSSR count). The minimum Gasteiger partial charge on any atom is -0.385 e. The van der Waals surface area contributed by atoms with Crippen molar-refractivity contribution in [3.8, 4) is 0 Å². The number of aliphatic hydroxyl groups is 2. The monoisotopic (exact) mass is 520 g/mol. The zero-order chi connectivity index (χ0) is 27.1. The SMILES string of the molecule is CC(=Cc1csc(C)n1)C1C(O)C2(O)OC2(C)CCCC(C)CC(C)C(=O)C(C)(C)CCC(=O)N1C. The van der Waals surface area contributed by atoms with Gasteiger partial charge in [-0.05, 0) is 57.6 Å². The number of rotatable bonds is 2. The summed E-state index contributed by atoms with van der Waals surface area (Å²) in [5.41, 5.74) is -0.0723. The Labute approximate surface area is 219 Å². The maximum atomic E-state index is 13.4. The van der Waals surface area contributed by atoms with Crippen molar-refractivity contribution in [2.24, 2.45) is 17.3 Å². The first-order valence-corrected chi connectivity index (χ1v) is 14.0. The number of aryl methyl sites for hydroxylation is 1. The molecule has 1 amide bonds. The Bertz CT molecular complexity index is 1000. The van der Waals surface area contributed by atoms with Crippen LogP contribution in [0.5, 0.6) is 0 Å². The van der Waals surface area contributed by atoms with Gasteiger partial charge in [0, 0.05) is 30.2 Å². The summed E-state index contributed by atoms with van der Waals surface area (Å²) in [6, 6.07) is -0.809. The lowest BCUT2D eigenvalue weighted by atomic mass is 9.75. The van der Waals surface area contributed by atoms with E-state index in [0.29, 0.717) is 24.3 Å². The van der Waals surface area contributed by atoms with E-state index in [1.807, 2.05) is 53.0 Å². The molecular formula is C28H44N2O5S. The molecule has 36 heavy (non-hydrogen) atoms. The van der Waals surface area contributed by atoms with Crippen molar-refractivity contribution in [3.05, 3.63) is 21.7 Å². The topological polar surface area (TPSA) is 103 Å². The summed E-state index contributed by atoms with van der Waals surface area (Å²) in [7, 11) is 1.64. The molecule has 2 N–H and O–H groups in total. The number of fused-ring (bicyclic) bond motifs is 1. The number of amides is 1. The van der Waals surface area contributed by atoms with Gasteiger partial charge in [-0.2, -0.15) is 0 Å². The number of aromatic nitrogens is 1. The number of thiazole rings is 1. The molecule has 2 aliphatic rings. The van der Waals surface area contributed by atoms with Crippen LogP contribution in [0.15, 0.2) is 11.0 Å². The summed E-state index contributed by atoms with van der Waals surface area (Å²) in [6.07, 6.45) is 4.19. The number of ether oxygens (including phenoxy) is 1. The highest BCUT2D eigenvalue weighted by molar-refractivity contribution is 7.09. The molecule has 2 fully saturated rings. The van der Waals surface area contributed by atoms with E-state index in [9.17, 15) is 19.8 Å². The van der Waals surface area contributed by atoms with Gasteiger partial charge in [-0.25, -0.2) is 4.98 Å². The molecule has 1 aromatic rings. The van der Waals surface area contributed by atoms with Crippen LogP contribution in [0.25, 0.3) is 6.08 Å². The third-order valence-electron chi connectivity index (χ3n) is 8.27. The van der Waals surface area contributed by atoms with Gasteiger partial charge in [0.05, 0.1) is 16.7 Å². The van der Waals surface area contributed by atoms with Crippen LogP contribution in [-0.4, -0.2) is 62.4 Å². The van der Waals surface area contributed by atoms with Crippen molar-refractivity contribution in [1.29, 1.82) is 0 Å². The van der Waals surface area contributed by atoms with Gasteiger partial charge in [0.25, 0.3) is 0 Å². The van der Waals surface area contributed by atoms with E-state index >= 15 is 0 Å². The minimum absolute atomic E-state index is 0.0817. The predicted octanol–water partition coefficient (Wildman–Crippen LogP) is 4.74. The van der Waals surface area contributed by atoms with E-state index in [-0.39, 0.29) is 24.0 Å². The number of Topliss-reactive ketones (excluding diaryl/α,β-unsaturated/α-hetero) is 1. The smallest absolute Gasteiger partial charge is 0.225 e. The summed E-state index contributed by atoms with van der Waals surface area (Å²) in [5.74, 6) is -1.49.